The summed E-state index contributed by atoms with van der Waals surface area (Å²) in [6.45, 7) is 5.39. The molecule has 0 radical (unpaired) electrons. The smallest absolute Gasteiger partial charge is 0.295 e. The van der Waals surface area contributed by atoms with Gasteiger partial charge in [0.05, 0.1) is 5.57 Å². The van der Waals surface area contributed by atoms with Crippen LogP contribution in [-0.2, 0) is 16.2 Å². The summed E-state index contributed by atoms with van der Waals surface area (Å²) in [5, 5.41) is 11.2. The average Bonchev–Trinajstić information content (AvgIpc) is 3.38. The number of hydrogen-bond acceptors (Lipinski definition) is 6. The molecule has 1 amide bonds. The van der Waals surface area contributed by atoms with E-state index in [1.807, 2.05) is 44.1 Å². The number of amides is 1. The van der Waals surface area contributed by atoms with Crippen molar-refractivity contribution in [3.63, 3.8) is 0 Å². The van der Waals surface area contributed by atoms with Gasteiger partial charge in [0.15, 0.2) is 0 Å². The zero-order valence-electron chi connectivity index (χ0n) is 21.2. The largest absolute Gasteiger partial charge is 0.507 e. The standard InChI is InChI=1S/C29H32N2O5/c1-19-7-5-8-21(17-19)18-35-23-12-10-22(11-13-23)27(32)25-26(24-14-9-20(2)36-24)31(29(34)28(25)33)16-6-15-30(3)4/h5,7-14,17,26,32H,6,15-16,18H2,1-4H3/b27-25+. The Kier molecular flexibility index (Phi) is 7.60. The molecule has 1 fully saturated rings. The van der Waals surface area contributed by atoms with Crippen molar-refractivity contribution in [2.24, 2.45) is 0 Å². The van der Waals surface area contributed by atoms with Crippen molar-refractivity contribution >= 4 is 17.4 Å². The minimum atomic E-state index is -0.780. The van der Waals surface area contributed by atoms with Crippen LogP contribution in [0.2, 0.25) is 0 Å². The molecule has 1 N–H and O–H groups in total. The molecule has 2 heterocycles. The van der Waals surface area contributed by atoms with E-state index >= 15 is 0 Å². The number of rotatable bonds is 9. The number of likely N-dealkylation sites (tertiary alicyclic amines) is 1. The Hall–Kier alpha value is -3.84. The summed E-state index contributed by atoms with van der Waals surface area (Å²) >= 11 is 0. The molecule has 188 valence electrons. The molecule has 7 nitrogen and oxygen atoms in total. The molecule has 1 aliphatic heterocycles. The molecule has 1 saturated heterocycles. The SMILES string of the molecule is Cc1cccc(COc2ccc(/C(O)=C3\C(=O)C(=O)N(CCCN(C)C)C3c3ccc(C)o3)cc2)c1. The molecule has 3 aromatic rings. The molecule has 7 heteroatoms. The molecule has 0 aliphatic carbocycles. The number of furan rings is 1. The summed E-state index contributed by atoms with van der Waals surface area (Å²) in [6, 6.07) is 17.7. The zero-order chi connectivity index (χ0) is 25.8. The normalized spacial score (nSPS) is 17.2. The fourth-order valence-electron chi connectivity index (χ4n) is 4.40. The maximum atomic E-state index is 13.1. The Morgan fingerprint density at radius 2 is 1.81 bits per heavy atom. The first kappa shape index (κ1) is 25.3. The number of hydrogen-bond donors (Lipinski definition) is 1. The number of carbonyl (C=O) groups is 2. The van der Waals surface area contributed by atoms with Gasteiger partial charge >= 0.3 is 0 Å². The maximum absolute atomic E-state index is 13.1. The number of aliphatic hydroxyl groups excluding tert-OH is 1. The van der Waals surface area contributed by atoms with Crippen LogP contribution in [0, 0.1) is 13.8 Å². The Labute approximate surface area is 211 Å². The molecule has 4 rings (SSSR count). The highest BCUT2D eigenvalue weighted by Gasteiger charge is 2.47. The van der Waals surface area contributed by atoms with Gasteiger partial charge in [-0.3, -0.25) is 9.59 Å². The topological polar surface area (TPSA) is 83.2 Å². The zero-order valence-corrected chi connectivity index (χ0v) is 21.2. The molecule has 1 atom stereocenters. The minimum Gasteiger partial charge on any atom is -0.507 e. The number of benzene rings is 2. The van der Waals surface area contributed by atoms with Crippen LogP contribution in [0.5, 0.6) is 5.75 Å². The lowest BCUT2D eigenvalue weighted by Gasteiger charge is -2.24. The highest BCUT2D eigenvalue weighted by Crippen LogP contribution is 2.40. The quantitative estimate of drug-likeness (QED) is 0.263. The predicted molar refractivity (Wildman–Crippen MR) is 138 cm³/mol. The second-order valence-corrected chi connectivity index (χ2v) is 9.40. The van der Waals surface area contributed by atoms with Crippen molar-refractivity contribution in [1.82, 2.24) is 9.80 Å². The second-order valence-electron chi connectivity index (χ2n) is 9.40. The number of aryl methyl sites for hydroxylation is 2. The van der Waals surface area contributed by atoms with Gasteiger partial charge in [0.1, 0.15) is 35.7 Å². The van der Waals surface area contributed by atoms with Crippen LogP contribution in [0.25, 0.3) is 5.76 Å². The lowest BCUT2D eigenvalue weighted by Crippen LogP contribution is -2.32. The van der Waals surface area contributed by atoms with Gasteiger partial charge in [-0.25, -0.2) is 0 Å². The molecular formula is C29H32N2O5. The molecule has 1 unspecified atom stereocenters. The first-order valence-corrected chi connectivity index (χ1v) is 12.0. The van der Waals surface area contributed by atoms with Gasteiger partial charge in [0.2, 0.25) is 0 Å². The highest BCUT2D eigenvalue weighted by molar-refractivity contribution is 6.46. The van der Waals surface area contributed by atoms with E-state index in [2.05, 4.69) is 6.07 Å². The molecule has 1 aliphatic rings. The van der Waals surface area contributed by atoms with Crippen LogP contribution in [0.4, 0.5) is 0 Å². The Bertz CT molecular complexity index is 1270. The van der Waals surface area contributed by atoms with Crippen molar-refractivity contribution < 1.29 is 23.8 Å². The van der Waals surface area contributed by atoms with Crippen molar-refractivity contribution in [3.05, 3.63) is 94.4 Å². The van der Waals surface area contributed by atoms with Gasteiger partial charge in [0.25, 0.3) is 11.7 Å². The third-order valence-corrected chi connectivity index (χ3v) is 6.19. The van der Waals surface area contributed by atoms with E-state index in [1.165, 1.54) is 4.90 Å². The molecule has 0 spiro atoms. The van der Waals surface area contributed by atoms with Gasteiger partial charge in [-0.05, 0) is 82.9 Å². The number of ether oxygens (including phenoxy) is 1. The molecule has 0 saturated carbocycles. The lowest BCUT2D eigenvalue weighted by atomic mass is 9.99. The van der Waals surface area contributed by atoms with E-state index in [0.717, 1.165) is 17.7 Å². The average molecular weight is 489 g/mol. The Morgan fingerprint density at radius 3 is 2.44 bits per heavy atom. The van der Waals surface area contributed by atoms with E-state index in [-0.39, 0.29) is 11.3 Å². The van der Waals surface area contributed by atoms with E-state index in [1.54, 1.807) is 43.3 Å². The number of aliphatic hydroxyl groups is 1. The fraction of sp³-hybridized carbons (Fsp3) is 0.310. The third kappa shape index (κ3) is 5.52. The van der Waals surface area contributed by atoms with Crippen LogP contribution in [0.15, 0.2) is 70.7 Å². The first-order chi connectivity index (χ1) is 17.2. The van der Waals surface area contributed by atoms with E-state index in [4.69, 9.17) is 9.15 Å². The van der Waals surface area contributed by atoms with Crippen LogP contribution in [-0.4, -0.2) is 53.8 Å². The van der Waals surface area contributed by atoms with Crippen LogP contribution < -0.4 is 4.74 Å². The van der Waals surface area contributed by atoms with Crippen LogP contribution in [0.1, 0.15) is 40.7 Å². The summed E-state index contributed by atoms with van der Waals surface area (Å²) in [7, 11) is 3.91. The summed E-state index contributed by atoms with van der Waals surface area (Å²) in [6.07, 6.45) is 0.684. The highest BCUT2D eigenvalue weighted by atomic mass is 16.5. The van der Waals surface area contributed by atoms with Crippen molar-refractivity contribution in [2.45, 2.75) is 32.9 Å². The predicted octanol–water partition coefficient (Wildman–Crippen LogP) is 4.85. The van der Waals surface area contributed by atoms with E-state index < -0.39 is 17.7 Å². The monoisotopic (exact) mass is 488 g/mol. The summed E-state index contributed by atoms with van der Waals surface area (Å²) < 4.78 is 11.7. The van der Waals surface area contributed by atoms with Gasteiger partial charge in [-0.2, -0.15) is 0 Å². The van der Waals surface area contributed by atoms with Crippen molar-refractivity contribution in [3.8, 4) is 5.75 Å². The van der Waals surface area contributed by atoms with Gasteiger partial charge in [-0.1, -0.05) is 29.8 Å². The molecular weight excluding hydrogens is 456 g/mol. The minimum absolute atomic E-state index is 0.0348. The van der Waals surface area contributed by atoms with Gasteiger partial charge < -0.3 is 24.1 Å². The molecule has 2 aromatic carbocycles. The third-order valence-electron chi connectivity index (χ3n) is 6.19. The van der Waals surface area contributed by atoms with Gasteiger partial charge in [-0.15, -0.1) is 0 Å². The number of ketones is 1. The van der Waals surface area contributed by atoms with Crippen LogP contribution >= 0.6 is 0 Å². The second kappa shape index (κ2) is 10.8. The lowest BCUT2D eigenvalue weighted by molar-refractivity contribution is -0.140. The van der Waals surface area contributed by atoms with Crippen molar-refractivity contribution in [2.75, 3.05) is 27.2 Å². The summed E-state index contributed by atoms with van der Waals surface area (Å²) in [5.41, 5.74) is 2.69. The van der Waals surface area contributed by atoms with Crippen LogP contribution in [0.3, 0.4) is 0 Å². The van der Waals surface area contributed by atoms with E-state index in [9.17, 15) is 14.7 Å². The number of carbonyl (C=O) groups excluding carboxylic acids is 2. The van der Waals surface area contributed by atoms with Crippen molar-refractivity contribution in [1.29, 1.82) is 0 Å². The fourth-order valence-corrected chi connectivity index (χ4v) is 4.40. The summed E-state index contributed by atoms with van der Waals surface area (Å²) in [4.78, 5) is 29.6. The molecule has 36 heavy (non-hydrogen) atoms. The van der Waals surface area contributed by atoms with Gasteiger partial charge in [0, 0.05) is 12.1 Å². The van der Waals surface area contributed by atoms with E-state index in [0.29, 0.717) is 42.4 Å². The maximum Gasteiger partial charge on any atom is 0.295 e. The molecule has 1 aromatic heterocycles. The number of nitrogens with zero attached hydrogens (tertiary/aromatic N) is 2. The molecule has 0 bridgehead atoms. The Morgan fingerprint density at radius 1 is 1.06 bits per heavy atom. The summed E-state index contributed by atoms with van der Waals surface area (Å²) in [5.74, 6) is 0.182. The Balaban J connectivity index is 1.60. The number of Topliss-reactive ketones (excluding diaryl/α,β-unsaturated/α-hetero) is 1. The first-order valence-electron chi connectivity index (χ1n) is 12.0.